The van der Waals surface area contributed by atoms with Crippen molar-refractivity contribution in [1.82, 2.24) is 14.8 Å². The van der Waals surface area contributed by atoms with Crippen LogP contribution in [0.25, 0.3) is 10.5 Å². The number of benzene rings is 2. The van der Waals surface area contributed by atoms with Crippen LogP contribution in [0, 0.1) is 13.5 Å². The first-order valence-corrected chi connectivity index (χ1v) is 9.60. The summed E-state index contributed by atoms with van der Waals surface area (Å²) in [5.74, 6) is -0.349. The first-order chi connectivity index (χ1) is 15.0. The molecule has 152 valence electrons. The zero-order chi connectivity index (χ0) is 21.8. The number of aryl methyl sites for hydroxylation is 1. The molecule has 1 atom stereocenters. The number of hydrogen-bond donors (Lipinski definition) is 2. The van der Waals surface area contributed by atoms with Gasteiger partial charge in [0.15, 0.2) is 5.69 Å². The van der Waals surface area contributed by atoms with E-state index in [9.17, 15) is 9.90 Å². The lowest BCUT2D eigenvalue weighted by Gasteiger charge is -2.13. The van der Waals surface area contributed by atoms with Crippen molar-refractivity contribution in [2.24, 2.45) is 0 Å². The van der Waals surface area contributed by atoms with E-state index in [4.69, 9.17) is 6.57 Å². The molecule has 0 radical (unpaired) electrons. The summed E-state index contributed by atoms with van der Waals surface area (Å²) in [4.78, 5) is 20.6. The third-order valence-electron chi connectivity index (χ3n) is 4.70. The molecular formula is C24H19N5O2. The number of nitrogens with zero attached hydrogens (tertiary/aromatic N) is 4. The summed E-state index contributed by atoms with van der Waals surface area (Å²) < 4.78 is 1.52. The molecule has 2 aromatic carbocycles. The topological polar surface area (TPSA) is 84.4 Å². The number of anilines is 1. The Morgan fingerprint density at radius 3 is 2.71 bits per heavy atom. The van der Waals surface area contributed by atoms with Gasteiger partial charge in [-0.3, -0.25) is 9.78 Å². The van der Waals surface area contributed by atoms with Crippen LogP contribution in [0.1, 0.15) is 33.5 Å². The van der Waals surface area contributed by atoms with Crippen molar-refractivity contribution in [1.29, 1.82) is 0 Å². The molecule has 2 N–H and O–H groups in total. The predicted molar refractivity (Wildman–Crippen MR) is 117 cm³/mol. The standard InChI is InChI=1S/C24H19N5O2/c1-16-13-22(29(28-16)20-10-6-8-18(15-20)25-2)24(31)27-19-9-5-7-17(14-19)23(30)21-11-3-4-12-26-21/h3-15,23,30H,1H3,(H,27,31). The number of aliphatic hydroxyl groups is 1. The fourth-order valence-corrected chi connectivity index (χ4v) is 3.24. The minimum Gasteiger partial charge on any atom is -0.382 e. The van der Waals surface area contributed by atoms with Crippen molar-refractivity contribution in [2.75, 3.05) is 5.32 Å². The Labute approximate surface area is 179 Å². The minimum atomic E-state index is -0.901. The average molecular weight is 409 g/mol. The Morgan fingerprint density at radius 2 is 1.94 bits per heavy atom. The van der Waals surface area contributed by atoms with E-state index >= 15 is 0 Å². The van der Waals surface area contributed by atoms with Gasteiger partial charge >= 0.3 is 0 Å². The molecule has 2 heterocycles. The van der Waals surface area contributed by atoms with Crippen molar-refractivity contribution in [3.63, 3.8) is 0 Å². The van der Waals surface area contributed by atoms with E-state index < -0.39 is 6.10 Å². The van der Waals surface area contributed by atoms with Gasteiger partial charge in [0, 0.05) is 11.9 Å². The molecule has 0 aliphatic carbocycles. The SMILES string of the molecule is [C-]#[N+]c1cccc(-n2nc(C)cc2C(=O)Nc2cccc(C(O)c3ccccn3)c2)c1. The summed E-state index contributed by atoms with van der Waals surface area (Å²) in [5.41, 5.74) is 3.80. The molecule has 0 aliphatic heterocycles. The van der Waals surface area contributed by atoms with Crippen molar-refractivity contribution >= 4 is 17.3 Å². The molecule has 2 aromatic heterocycles. The summed E-state index contributed by atoms with van der Waals surface area (Å²) in [6, 6.07) is 21.0. The monoisotopic (exact) mass is 409 g/mol. The molecule has 4 rings (SSSR count). The van der Waals surface area contributed by atoms with E-state index in [1.54, 1.807) is 79.9 Å². The largest absolute Gasteiger partial charge is 0.382 e. The lowest BCUT2D eigenvalue weighted by Crippen LogP contribution is -2.17. The number of rotatable bonds is 5. The smallest absolute Gasteiger partial charge is 0.274 e. The van der Waals surface area contributed by atoms with E-state index in [1.807, 2.05) is 6.07 Å². The Bertz CT molecular complexity index is 1270. The van der Waals surface area contributed by atoms with Crippen LogP contribution < -0.4 is 5.32 Å². The molecular weight excluding hydrogens is 390 g/mol. The number of nitrogens with one attached hydrogen (secondary N) is 1. The van der Waals surface area contributed by atoms with Crippen LogP contribution in [0.3, 0.4) is 0 Å². The molecule has 0 saturated heterocycles. The fraction of sp³-hybridized carbons (Fsp3) is 0.0833. The van der Waals surface area contributed by atoms with Crippen LogP contribution in [0.15, 0.2) is 79.0 Å². The van der Waals surface area contributed by atoms with Gasteiger partial charge in [0.05, 0.1) is 23.6 Å². The molecule has 1 unspecified atom stereocenters. The zero-order valence-corrected chi connectivity index (χ0v) is 16.7. The highest BCUT2D eigenvalue weighted by Gasteiger charge is 2.17. The molecule has 0 aliphatic rings. The van der Waals surface area contributed by atoms with Crippen LogP contribution in [-0.4, -0.2) is 25.8 Å². The highest BCUT2D eigenvalue weighted by Crippen LogP contribution is 2.24. The molecule has 1 amide bonds. The maximum Gasteiger partial charge on any atom is 0.274 e. The zero-order valence-electron chi connectivity index (χ0n) is 16.7. The molecule has 4 aromatic rings. The van der Waals surface area contributed by atoms with E-state index in [-0.39, 0.29) is 5.91 Å². The van der Waals surface area contributed by atoms with E-state index in [0.717, 1.165) is 0 Å². The predicted octanol–water partition coefficient (Wildman–Crippen LogP) is 4.46. The van der Waals surface area contributed by atoms with Gasteiger partial charge in [-0.1, -0.05) is 30.3 Å². The van der Waals surface area contributed by atoms with E-state index in [1.165, 1.54) is 4.68 Å². The molecule has 7 nitrogen and oxygen atoms in total. The third kappa shape index (κ3) is 4.34. The summed E-state index contributed by atoms with van der Waals surface area (Å²) >= 11 is 0. The van der Waals surface area contributed by atoms with Crippen molar-refractivity contribution in [3.05, 3.63) is 113 Å². The van der Waals surface area contributed by atoms with Crippen LogP contribution >= 0.6 is 0 Å². The normalized spacial score (nSPS) is 11.5. The summed E-state index contributed by atoms with van der Waals surface area (Å²) in [6.45, 7) is 9.00. The van der Waals surface area contributed by atoms with Crippen molar-refractivity contribution in [2.45, 2.75) is 13.0 Å². The fourth-order valence-electron chi connectivity index (χ4n) is 3.24. The van der Waals surface area contributed by atoms with Gasteiger partial charge in [0.2, 0.25) is 0 Å². The van der Waals surface area contributed by atoms with Gasteiger partial charge in [-0.15, -0.1) is 0 Å². The van der Waals surface area contributed by atoms with E-state index in [0.29, 0.717) is 39.7 Å². The van der Waals surface area contributed by atoms with Crippen molar-refractivity contribution in [3.8, 4) is 5.69 Å². The van der Waals surface area contributed by atoms with Crippen LogP contribution in [-0.2, 0) is 0 Å². The molecule has 0 saturated carbocycles. The Kier molecular flexibility index (Phi) is 5.56. The maximum absolute atomic E-state index is 13.0. The minimum absolute atomic E-state index is 0.343. The maximum atomic E-state index is 13.0. The second-order valence-electron chi connectivity index (χ2n) is 6.95. The Morgan fingerprint density at radius 1 is 1.10 bits per heavy atom. The Hall–Kier alpha value is -4.28. The number of amides is 1. The van der Waals surface area contributed by atoms with Crippen LogP contribution in [0.4, 0.5) is 11.4 Å². The van der Waals surface area contributed by atoms with Crippen molar-refractivity contribution < 1.29 is 9.90 Å². The Balaban J connectivity index is 1.61. The number of carbonyl (C=O) groups excluding carboxylic acids is 1. The van der Waals surface area contributed by atoms with Crippen LogP contribution in [0.5, 0.6) is 0 Å². The van der Waals surface area contributed by atoms with Gasteiger partial charge in [-0.05, 0) is 55.0 Å². The van der Waals surface area contributed by atoms with Gasteiger partial charge in [0.25, 0.3) is 5.91 Å². The summed E-state index contributed by atoms with van der Waals surface area (Å²) in [5, 5.41) is 17.9. The van der Waals surface area contributed by atoms with Gasteiger partial charge in [-0.25, -0.2) is 9.53 Å². The number of carbonyl (C=O) groups is 1. The number of aliphatic hydroxyl groups excluding tert-OH is 1. The second kappa shape index (κ2) is 8.61. The summed E-state index contributed by atoms with van der Waals surface area (Å²) in [6.07, 6.45) is 0.721. The average Bonchev–Trinajstić information content (AvgIpc) is 3.21. The number of hydrogen-bond acceptors (Lipinski definition) is 4. The highest BCUT2D eigenvalue weighted by molar-refractivity contribution is 6.03. The van der Waals surface area contributed by atoms with Gasteiger partial charge < -0.3 is 10.4 Å². The first kappa shape index (κ1) is 20.0. The molecule has 0 spiro atoms. The number of pyridine rings is 1. The quantitative estimate of drug-likeness (QED) is 0.477. The lowest BCUT2D eigenvalue weighted by atomic mass is 10.1. The third-order valence-corrected chi connectivity index (χ3v) is 4.70. The number of aromatic nitrogens is 3. The molecule has 31 heavy (non-hydrogen) atoms. The van der Waals surface area contributed by atoms with Gasteiger partial charge in [0.1, 0.15) is 11.8 Å². The summed E-state index contributed by atoms with van der Waals surface area (Å²) in [7, 11) is 0. The van der Waals surface area contributed by atoms with E-state index in [2.05, 4.69) is 20.2 Å². The molecule has 7 heteroatoms. The first-order valence-electron chi connectivity index (χ1n) is 9.60. The van der Waals surface area contributed by atoms with Crippen LogP contribution in [0.2, 0.25) is 0 Å². The molecule has 0 bridgehead atoms. The highest BCUT2D eigenvalue weighted by atomic mass is 16.3. The van der Waals surface area contributed by atoms with Gasteiger partial charge in [-0.2, -0.15) is 5.10 Å². The lowest BCUT2D eigenvalue weighted by molar-refractivity contribution is 0.101. The second-order valence-corrected chi connectivity index (χ2v) is 6.95. The molecule has 0 fully saturated rings.